The van der Waals surface area contributed by atoms with Crippen molar-refractivity contribution in [3.63, 3.8) is 0 Å². The van der Waals surface area contributed by atoms with Crippen molar-refractivity contribution in [2.24, 2.45) is 5.92 Å². The van der Waals surface area contributed by atoms with E-state index in [0.717, 1.165) is 0 Å². The quantitative estimate of drug-likeness (QED) is 0.891. The van der Waals surface area contributed by atoms with Crippen molar-refractivity contribution >= 4 is 28.3 Å². The van der Waals surface area contributed by atoms with Crippen LogP contribution in [0.4, 0.5) is 5.13 Å². The summed E-state index contributed by atoms with van der Waals surface area (Å²) < 4.78 is 0. The SMILES string of the molecule is CC(C)C(NC(=O)c1ccccc1)C(=O)Nc1nccs1. The zero-order valence-electron chi connectivity index (χ0n) is 11.9. The highest BCUT2D eigenvalue weighted by atomic mass is 32.1. The van der Waals surface area contributed by atoms with Gasteiger partial charge in [-0.05, 0) is 18.1 Å². The van der Waals surface area contributed by atoms with E-state index in [1.165, 1.54) is 11.3 Å². The predicted molar refractivity (Wildman–Crippen MR) is 83.3 cm³/mol. The van der Waals surface area contributed by atoms with Crippen LogP contribution in [-0.2, 0) is 4.79 Å². The molecule has 1 unspecified atom stereocenters. The predicted octanol–water partition coefficient (Wildman–Crippen LogP) is 2.54. The highest BCUT2D eigenvalue weighted by Gasteiger charge is 2.25. The summed E-state index contributed by atoms with van der Waals surface area (Å²) in [6.07, 6.45) is 1.62. The van der Waals surface area contributed by atoms with Crippen LogP contribution in [0.15, 0.2) is 41.9 Å². The van der Waals surface area contributed by atoms with Crippen LogP contribution in [0.1, 0.15) is 24.2 Å². The van der Waals surface area contributed by atoms with Gasteiger partial charge >= 0.3 is 0 Å². The Kier molecular flexibility index (Phi) is 5.05. The average Bonchev–Trinajstić information content (AvgIpc) is 2.97. The number of hydrogen-bond donors (Lipinski definition) is 2. The molecule has 1 aromatic carbocycles. The lowest BCUT2D eigenvalue weighted by molar-refractivity contribution is -0.118. The zero-order chi connectivity index (χ0) is 15.2. The molecule has 2 aromatic rings. The second-order valence-corrected chi connectivity index (χ2v) is 5.78. The summed E-state index contributed by atoms with van der Waals surface area (Å²) in [5.74, 6) is -0.551. The highest BCUT2D eigenvalue weighted by Crippen LogP contribution is 2.13. The van der Waals surface area contributed by atoms with Crippen molar-refractivity contribution in [1.29, 1.82) is 0 Å². The van der Waals surface area contributed by atoms with E-state index in [1.54, 1.807) is 35.8 Å². The van der Waals surface area contributed by atoms with E-state index in [1.807, 2.05) is 19.9 Å². The Bertz CT molecular complexity index is 597. The van der Waals surface area contributed by atoms with Gasteiger partial charge in [-0.3, -0.25) is 9.59 Å². The van der Waals surface area contributed by atoms with Crippen molar-refractivity contribution in [3.8, 4) is 0 Å². The Hall–Kier alpha value is -2.21. The minimum atomic E-state index is -0.610. The molecular formula is C15H17N3O2S. The number of thiazole rings is 1. The lowest BCUT2D eigenvalue weighted by Gasteiger charge is -2.21. The minimum absolute atomic E-state index is 0.0300. The first kappa shape index (κ1) is 15.2. The van der Waals surface area contributed by atoms with Crippen LogP contribution < -0.4 is 10.6 Å². The number of benzene rings is 1. The van der Waals surface area contributed by atoms with Gasteiger partial charge in [0.2, 0.25) is 5.91 Å². The van der Waals surface area contributed by atoms with Gasteiger partial charge in [0.05, 0.1) is 0 Å². The molecule has 0 aliphatic heterocycles. The maximum absolute atomic E-state index is 12.3. The summed E-state index contributed by atoms with van der Waals surface area (Å²) in [7, 11) is 0. The second kappa shape index (κ2) is 6.99. The number of carbonyl (C=O) groups excluding carboxylic acids is 2. The lowest BCUT2D eigenvalue weighted by Crippen LogP contribution is -2.47. The maximum Gasteiger partial charge on any atom is 0.251 e. The van der Waals surface area contributed by atoms with Crippen LogP contribution in [0.3, 0.4) is 0 Å². The molecule has 2 rings (SSSR count). The molecule has 6 heteroatoms. The van der Waals surface area contributed by atoms with E-state index < -0.39 is 6.04 Å². The number of hydrogen-bond acceptors (Lipinski definition) is 4. The molecule has 1 aromatic heterocycles. The average molecular weight is 303 g/mol. The fourth-order valence-corrected chi connectivity index (χ4v) is 2.35. The number of carbonyl (C=O) groups is 2. The number of nitrogens with one attached hydrogen (secondary N) is 2. The van der Waals surface area contributed by atoms with Gasteiger partial charge in [-0.25, -0.2) is 4.98 Å². The molecule has 0 saturated heterocycles. The van der Waals surface area contributed by atoms with Gasteiger partial charge in [0.25, 0.3) is 5.91 Å². The van der Waals surface area contributed by atoms with Crippen molar-refractivity contribution < 1.29 is 9.59 Å². The molecule has 21 heavy (non-hydrogen) atoms. The first-order valence-electron chi connectivity index (χ1n) is 6.64. The van der Waals surface area contributed by atoms with E-state index in [4.69, 9.17) is 0 Å². The normalized spacial score (nSPS) is 12.0. The van der Waals surface area contributed by atoms with Crippen LogP contribution in [0.5, 0.6) is 0 Å². The minimum Gasteiger partial charge on any atom is -0.340 e. The first-order chi connectivity index (χ1) is 10.1. The van der Waals surface area contributed by atoms with Crippen molar-refractivity contribution in [1.82, 2.24) is 10.3 Å². The Morgan fingerprint density at radius 3 is 2.48 bits per heavy atom. The van der Waals surface area contributed by atoms with Crippen LogP contribution in [0, 0.1) is 5.92 Å². The van der Waals surface area contributed by atoms with E-state index in [0.29, 0.717) is 10.7 Å². The van der Waals surface area contributed by atoms with Gasteiger partial charge in [-0.2, -0.15) is 0 Å². The van der Waals surface area contributed by atoms with Gasteiger partial charge in [-0.15, -0.1) is 11.3 Å². The first-order valence-corrected chi connectivity index (χ1v) is 7.52. The summed E-state index contributed by atoms with van der Waals surface area (Å²) in [6.45, 7) is 3.77. The third-order valence-electron chi connectivity index (χ3n) is 2.93. The Morgan fingerprint density at radius 1 is 1.19 bits per heavy atom. The third-order valence-corrected chi connectivity index (χ3v) is 3.62. The fraction of sp³-hybridized carbons (Fsp3) is 0.267. The van der Waals surface area contributed by atoms with Gasteiger partial charge in [0.15, 0.2) is 5.13 Å². The van der Waals surface area contributed by atoms with Crippen molar-refractivity contribution in [3.05, 3.63) is 47.5 Å². The molecule has 0 radical (unpaired) electrons. The van der Waals surface area contributed by atoms with Gasteiger partial charge in [0, 0.05) is 17.1 Å². The Balaban J connectivity index is 2.05. The van der Waals surface area contributed by atoms with Gasteiger partial charge < -0.3 is 10.6 Å². The van der Waals surface area contributed by atoms with E-state index >= 15 is 0 Å². The molecule has 2 amide bonds. The number of nitrogens with zero attached hydrogens (tertiary/aromatic N) is 1. The van der Waals surface area contributed by atoms with Crippen LogP contribution in [-0.4, -0.2) is 22.8 Å². The number of aromatic nitrogens is 1. The summed E-state index contributed by atoms with van der Waals surface area (Å²) in [5, 5.41) is 7.79. The number of anilines is 1. The van der Waals surface area contributed by atoms with Crippen molar-refractivity contribution in [2.75, 3.05) is 5.32 Å². The second-order valence-electron chi connectivity index (χ2n) is 4.89. The smallest absolute Gasteiger partial charge is 0.251 e. The molecular weight excluding hydrogens is 286 g/mol. The maximum atomic E-state index is 12.3. The van der Waals surface area contributed by atoms with Crippen LogP contribution in [0.2, 0.25) is 0 Å². The molecule has 5 nitrogen and oxygen atoms in total. The van der Waals surface area contributed by atoms with E-state index in [2.05, 4.69) is 15.6 Å². The van der Waals surface area contributed by atoms with Gasteiger partial charge in [0.1, 0.15) is 6.04 Å². The molecule has 0 aliphatic rings. The lowest BCUT2D eigenvalue weighted by atomic mass is 10.0. The molecule has 2 N–H and O–H groups in total. The summed E-state index contributed by atoms with van der Waals surface area (Å²) in [6, 6.07) is 8.23. The topological polar surface area (TPSA) is 71.1 Å². The number of amides is 2. The van der Waals surface area contributed by atoms with E-state index in [-0.39, 0.29) is 17.7 Å². The molecule has 1 heterocycles. The highest BCUT2D eigenvalue weighted by molar-refractivity contribution is 7.13. The van der Waals surface area contributed by atoms with Gasteiger partial charge in [-0.1, -0.05) is 32.0 Å². The monoisotopic (exact) mass is 303 g/mol. The third kappa shape index (κ3) is 4.13. The number of rotatable bonds is 5. The molecule has 110 valence electrons. The zero-order valence-corrected chi connectivity index (χ0v) is 12.7. The van der Waals surface area contributed by atoms with Crippen molar-refractivity contribution in [2.45, 2.75) is 19.9 Å². The van der Waals surface area contributed by atoms with Crippen LogP contribution >= 0.6 is 11.3 Å². The summed E-state index contributed by atoms with van der Waals surface area (Å²) >= 11 is 1.34. The summed E-state index contributed by atoms with van der Waals surface area (Å²) in [4.78, 5) is 28.4. The standard InChI is InChI=1S/C15H17N3O2S/c1-10(2)12(14(20)18-15-16-8-9-21-15)17-13(19)11-6-4-3-5-7-11/h3-10,12H,1-2H3,(H,17,19)(H,16,18,20). The molecule has 0 saturated carbocycles. The largest absolute Gasteiger partial charge is 0.340 e. The van der Waals surface area contributed by atoms with E-state index in [9.17, 15) is 9.59 Å². The molecule has 0 spiro atoms. The fourth-order valence-electron chi connectivity index (χ4n) is 1.82. The molecule has 0 fully saturated rings. The summed E-state index contributed by atoms with van der Waals surface area (Å²) in [5.41, 5.74) is 0.533. The Labute approximate surface area is 127 Å². The molecule has 1 atom stereocenters. The molecule has 0 aliphatic carbocycles. The van der Waals surface area contributed by atoms with Crippen LogP contribution in [0.25, 0.3) is 0 Å². The molecule has 0 bridgehead atoms. The Morgan fingerprint density at radius 2 is 1.90 bits per heavy atom.